The fourth-order valence-electron chi connectivity index (χ4n) is 0.330. The number of hydrogen-bond acceptors (Lipinski definition) is 3. The number of hydrogen-bond donors (Lipinski definition) is 1. The molecule has 0 rings (SSSR count). The number of ether oxygens (including phenoxy) is 1. The van der Waals surface area contributed by atoms with Gasteiger partial charge < -0.3 is 12.7 Å². The van der Waals surface area contributed by atoms with Crippen molar-refractivity contribution in [2.75, 3.05) is 6.61 Å². The second-order valence-electron chi connectivity index (χ2n) is 1.42. The second-order valence-corrected chi connectivity index (χ2v) is 1.42. The minimum absolute atomic E-state index is 0. The molecule has 0 heterocycles. The fraction of sp³-hybridized carbons (Fsp3) is 0.333. The van der Waals surface area contributed by atoms with Crippen molar-refractivity contribution in [2.24, 2.45) is 0 Å². The van der Waals surface area contributed by atoms with Gasteiger partial charge in [0.15, 0.2) is 0 Å². The number of aliphatic carboxylic acids is 1. The topological polar surface area (TPSA) is 63.6 Å². The predicted molar refractivity (Wildman–Crippen MR) is 41.4 cm³/mol. The van der Waals surface area contributed by atoms with Crippen LogP contribution < -0.4 is 0 Å². The summed E-state index contributed by atoms with van der Waals surface area (Å²) in [6, 6.07) is 0. The third-order valence-electron chi connectivity index (χ3n) is 0.649. The van der Waals surface area contributed by atoms with Crippen molar-refractivity contribution in [2.45, 2.75) is 6.92 Å². The minimum atomic E-state index is -1.16. The molecule has 0 aromatic carbocycles. The molecule has 0 saturated carbocycles. The Bertz CT molecular complexity index is 172. The van der Waals surface area contributed by atoms with Crippen LogP contribution >= 0.6 is 0 Å². The average Bonchev–Trinajstić information content (AvgIpc) is 1.85. The summed E-state index contributed by atoms with van der Waals surface area (Å²) in [5.74, 6) is -1.79. The molecule has 0 aromatic rings. The van der Waals surface area contributed by atoms with Gasteiger partial charge in [0.2, 0.25) is 0 Å². The second kappa shape index (κ2) is 7.55. The first-order valence-corrected chi connectivity index (χ1v) is 2.74. The first-order valence-electron chi connectivity index (χ1n) is 2.74. The van der Waals surface area contributed by atoms with Crippen LogP contribution in [0.1, 0.15) is 9.78 Å². The molecule has 60 valence electrons. The largest absolute Gasteiger partial charge is 2.00 e. The van der Waals surface area contributed by atoms with Crippen LogP contribution in [0.4, 0.5) is 0 Å². The van der Waals surface area contributed by atoms with E-state index in [1.54, 1.807) is 6.92 Å². The van der Waals surface area contributed by atoms with Gasteiger partial charge in [0.05, 0.1) is 6.61 Å². The number of esters is 1. The van der Waals surface area contributed by atoms with E-state index in [1.165, 1.54) is 0 Å². The molecule has 0 radical (unpaired) electrons. The van der Waals surface area contributed by atoms with E-state index >= 15 is 0 Å². The van der Waals surface area contributed by atoms with Crippen molar-refractivity contribution in [1.82, 2.24) is 0 Å². The average molecular weight is 170 g/mol. The van der Waals surface area contributed by atoms with Gasteiger partial charge in [-0.05, 0) is 6.92 Å². The van der Waals surface area contributed by atoms with Gasteiger partial charge in [-0.2, -0.15) is 0 Å². The maximum Gasteiger partial charge on any atom is 2.00 e. The van der Waals surface area contributed by atoms with Gasteiger partial charge in [-0.3, -0.25) is 0 Å². The number of rotatable bonds is 3. The Morgan fingerprint density at radius 2 is 2.09 bits per heavy atom. The molecule has 5 heteroatoms. The molecule has 0 aliphatic carbocycles. The molecule has 0 saturated heterocycles. The minimum Gasteiger partial charge on any atom is -1.00 e. The predicted octanol–water partition coefficient (Wildman–Crippen LogP) is 0.0345. The molecule has 0 aromatic heterocycles. The molecule has 0 bridgehead atoms. The molecule has 4 nitrogen and oxygen atoms in total. The Balaban J connectivity index is -0.000000135. The Morgan fingerprint density at radius 3 is 2.45 bits per heavy atom. The van der Waals surface area contributed by atoms with Crippen molar-refractivity contribution in [3.63, 3.8) is 0 Å². The van der Waals surface area contributed by atoms with Crippen molar-refractivity contribution in [3.05, 3.63) is 12.2 Å². The molecule has 0 amide bonds. The molecule has 0 aliphatic heterocycles. The molecule has 0 spiro atoms. The van der Waals surface area contributed by atoms with Crippen LogP contribution in [0.25, 0.3) is 0 Å². The zero-order valence-corrected chi connectivity index (χ0v) is 7.66. The first kappa shape index (κ1) is 13.1. The van der Waals surface area contributed by atoms with Gasteiger partial charge in [0, 0.05) is 12.2 Å². The quantitative estimate of drug-likeness (QED) is 0.369. The van der Waals surface area contributed by atoms with E-state index in [2.05, 4.69) is 4.74 Å². The molecule has 0 aliphatic rings. The summed E-state index contributed by atoms with van der Waals surface area (Å²) >= 11 is 0. The van der Waals surface area contributed by atoms with Gasteiger partial charge in [-0.25, -0.2) is 9.59 Å². The van der Waals surface area contributed by atoms with Gasteiger partial charge in [0.1, 0.15) is 0 Å². The van der Waals surface area contributed by atoms with E-state index in [0.29, 0.717) is 0 Å². The maximum atomic E-state index is 10.4. The standard InChI is InChI=1S/C6H8O4.Mg.2H/c1-2-10-6(9)4-3-5(7)8;;;/h3-4H,2H2,1H3,(H,7,8);;;/q;+2;2*-1. The molecule has 0 unspecified atom stereocenters. The van der Waals surface area contributed by atoms with Crippen LogP contribution in [0, 0.1) is 0 Å². The summed E-state index contributed by atoms with van der Waals surface area (Å²) in [7, 11) is 0. The van der Waals surface area contributed by atoms with E-state index in [0.717, 1.165) is 12.2 Å². The number of carboxylic acid groups (broad SMARTS) is 1. The Hall–Kier alpha value is -0.554. The van der Waals surface area contributed by atoms with Crippen LogP contribution in [0.15, 0.2) is 12.2 Å². The van der Waals surface area contributed by atoms with Gasteiger partial charge in [-0.1, -0.05) is 0 Å². The smallest absolute Gasteiger partial charge is 1.00 e. The van der Waals surface area contributed by atoms with Gasteiger partial charge >= 0.3 is 35.0 Å². The summed E-state index contributed by atoms with van der Waals surface area (Å²) in [4.78, 5) is 20.2. The van der Waals surface area contributed by atoms with E-state index in [4.69, 9.17) is 5.11 Å². The van der Waals surface area contributed by atoms with Crippen LogP contribution in [0.3, 0.4) is 0 Å². The molecule has 0 fully saturated rings. The normalized spacial score (nSPS) is 8.82. The molecule has 11 heavy (non-hydrogen) atoms. The fourth-order valence-corrected chi connectivity index (χ4v) is 0.330. The Morgan fingerprint density at radius 1 is 1.55 bits per heavy atom. The van der Waals surface area contributed by atoms with E-state index in [-0.39, 0.29) is 32.5 Å². The zero-order valence-electron chi connectivity index (χ0n) is 8.24. The summed E-state index contributed by atoms with van der Waals surface area (Å²) in [6.07, 6.45) is 1.60. The summed E-state index contributed by atoms with van der Waals surface area (Å²) in [6.45, 7) is 1.90. The molecule has 0 atom stereocenters. The Kier molecular flexibility index (Phi) is 8.97. The molecule has 1 N–H and O–H groups in total. The van der Waals surface area contributed by atoms with Crippen molar-refractivity contribution < 1.29 is 22.3 Å². The van der Waals surface area contributed by atoms with Gasteiger partial charge in [-0.15, -0.1) is 0 Å². The van der Waals surface area contributed by atoms with Gasteiger partial charge in [0.25, 0.3) is 0 Å². The van der Waals surface area contributed by atoms with E-state index in [1.807, 2.05) is 0 Å². The van der Waals surface area contributed by atoms with Crippen LogP contribution in [-0.2, 0) is 14.3 Å². The van der Waals surface area contributed by atoms with Crippen molar-refractivity contribution in [1.29, 1.82) is 0 Å². The van der Waals surface area contributed by atoms with E-state index in [9.17, 15) is 9.59 Å². The number of carbonyl (C=O) groups is 2. The van der Waals surface area contributed by atoms with Crippen molar-refractivity contribution in [3.8, 4) is 0 Å². The first-order chi connectivity index (χ1) is 4.66. The van der Waals surface area contributed by atoms with Crippen molar-refractivity contribution >= 4 is 35.0 Å². The van der Waals surface area contributed by atoms with E-state index < -0.39 is 11.9 Å². The van der Waals surface area contributed by atoms with Crippen LogP contribution in [0.5, 0.6) is 0 Å². The number of carboxylic acids is 1. The number of carbonyl (C=O) groups excluding carboxylic acids is 1. The molecular weight excluding hydrogens is 160 g/mol. The summed E-state index contributed by atoms with van der Waals surface area (Å²) in [5.41, 5.74) is 0. The third-order valence-corrected chi connectivity index (χ3v) is 0.649. The molecular formula is C6H10MgO4. The monoisotopic (exact) mass is 170 g/mol. The maximum absolute atomic E-state index is 10.4. The Labute approximate surface area is 83.3 Å². The SMILES string of the molecule is CCOC(=O)C=CC(=O)O.[H-].[H-].[Mg+2]. The zero-order chi connectivity index (χ0) is 7.98. The third kappa shape index (κ3) is 9.45. The summed E-state index contributed by atoms with van der Waals surface area (Å²) < 4.78 is 4.40. The van der Waals surface area contributed by atoms with Crippen LogP contribution in [-0.4, -0.2) is 46.7 Å². The summed E-state index contributed by atoms with van der Waals surface area (Å²) in [5, 5.41) is 8.04. The van der Waals surface area contributed by atoms with Crippen LogP contribution in [0.2, 0.25) is 0 Å².